The van der Waals surface area contributed by atoms with Gasteiger partial charge in [0.1, 0.15) is 5.75 Å². The summed E-state index contributed by atoms with van der Waals surface area (Å²) in [4.78, 5) is 11.5. The topological polar surface area (TPSA) is 31.2 Å². The van der Waals surface area contributed by atoms with Crippen LogP contribution in [-0.4, -0.2) is 17.1 Å². The number of aryl methyl sites for hydroxylation is 1. The zero-order chi connectivity index (χ0) is 12.3. The van der Waals surface area contributed by atoms with E-state index in [0.717, 1.165) is 23.1 Å². The van der Waals surface area contributed by atoms with Crippen LogP contribution < -0.4 is 10.3 Å². The molecule has 2 rings (SSSR count). The van der Waals surface area contributed by atoms with Crippen LogP contribution in [0, 0.1) is 0 Å². The normalized spacial score (nSPS) is 10.7. The fraction of sp³-hybridized carbons (Fsp3) is 0.308. The summed E-state index contributed by atoms with van der Waals surface area (Å²) in [5.41, 5.74) is 0.858. The van der Waals surface area contributed by atoms with E-state index in [-0.39, 0.29) is 5.56 Å². The fourth-order valence-electron chi connectivity index (χ4n) is 1.68. The molecule has 0 aliphatic rings. The summed E-state index contributed by atoms with van der Waals surface area (Å²) >= 11 is 5.58. The zero-order valence-corrected chi connectivity index (χ0v) is 10.4. The molecule has 0 fully saturated rings. The summed E-state index contributed by atoms with van der Waals surface area (Å²) in [5, 5.41) is 1.02. The van der Waals surface area contributed by atoms with E-state index >= 15 is 0 Å². The molecule has 2 aromatic rings. The molecule has 0 radical (unpaired) electrons. The Labute approximate surface area is 105 Å². The molecule has 0 unspecified atom stereocenters. The van der Waals surface area contributed by atoms with Crippen LogP contribution >= 0.6 is 11.6 Å². The smallest absolute Gasteiger partial charge is 0.250 e. The van der Waals surface area contributed by atoms with Crippen molar-refractivity contribution in [1.29, 1.82) is 0 Å². The highest BCUT2D eigenvalue weighted by molar-refractivity contribution is 6.17. The minimum absolute atomic E-state index is 0.0181. The first-order valence-electron chi connectivity index (χ1n) is 5.51. The van der Waals surface area contributed by atoms with Crippen LogP contribution in [0.2, 0.25) is 0 Å². The molecule has 0 aliphatic heterocycles. The highest BCUT2D eigenvalue weighted by Crippen LogP contribution is 2.19. The predicted molar refractivity (Wildman–Crippen MR) is 70.0 cm³/mol. The lowest BCUT2D eigenvalue weighted by Crippen LogP contribution is -2.15. The Balaban J connectivity index is 2.35. The molecule has 0 saturated carbocycles. The standard InChI is InChI=1S/C13H14ClNO2/c1-15-12-9-11(17-8-2-7-14)5-3-10(12)4-6-13(15)16/h3-6,9H,2,7-8H2,1H3. The van der Waals surface area contributed by atoms with Gasteiger partial charge in [0.2, 0.25) is 0 Å². The number of ether oxygens (including phenoxy) is 1. The summed E-state index contributed by atoms with van der Waals surface area (Å²) in [5.74, 6) is 1.36. The van der Waals surface area contributed by atoms with Crippen LogP contribution in [-0.2, 0) is 7.05 Å². The molecule has 0 N–H and O–H groups in total. The lowest BCUT2D eigenvalue weighted by molar-refractivity contribution is 0.318. The number of aromatic nitrogens is 1. The summed E-state index contributed by atoms with van der Waals surface area (Å²) in [7, 11) is 1.76. The van der Waals surface area contributed by atoms with Crippen molar-refractivity contribution >= 4 is 22.5 Å². The van der Waals surface area contributed by atoms with E-state index in [9.17, 15) is 4.79 Å². The lowest BCUT2D eigenvalue weighted by atomic mass is 10.2. The summed E-state index contributed by atoms with van der Waals surface area (Å²) in [6, 6.07) is 9.12. The van der Waals surface area contributed by atoms with E-state index in [4.69, 9.17) is 16.3 Å². The first kappa shape index (κ1) is 12.0. The van der Waals surface area contributed by atoms with Gasteiger partial charge in [-0.1, -0.05) is 0 Å². The Morgan fingerprint density at radius 3 is 2.82 bits per heavy atom. The minimum Gasteiger partial charge on any atom is -0.493 e. The molecule has 17 heavy (non-hydrogen) atoms. The third kappa shape index (κ3) is 2.61. The molecular formula is C13H14ClNO2. The van der Waals surface area contributed by atoms with Gasteiger partial charge in [0.15, 0.2) is 0 Å². The van der Waals surface area contributed by atoms with Crippen molar-refractivity contribution in [3.05, 3.63) is 40.7 Å². The van der Waals surface area contributed by atoms with E-state index < -0.39 is 0 Å². The van der Waals surface area contributed by atoms with Crippen LogP contribution in [0.15, 0.2) is 35.1 Å². The zero-order valence-electron chi connectivity index (χ0n) is 9.65. The van der Waals surface area contributed by atoms with Crippen molar-refractivity contribution in [3.63, 3.8) is 0 Å². The number of hydrogen-bond acceptors (Lipinski definition) is 2. The van der Waals surface area contributed by atoms with Crippen molar-refractivity contribution in [2.45, 2.75) is 6.42 Å². The number of halogens is 1. The van der Waals surface area contributed by atoms with Crippen molar-refractivity contribution in [3.8, 4) is 5.75 Å². The number of alkyl halides is 1. The fourth-order valence-corrected chi connectivity index (χ4v) is 1.79. The van der Waals surface area contributed by atoms with Gasteiger partial charge < -0.3 is 9.30 Å². The predicted octanol–water partition coefficient (Wildman–Crippen LogP) is 2.55. The first-order chi connectivity index (χ1) is 8.22. The van der Waals surface area contributed by atoms with Crippen molar-refractivity contribution < 1.29 is 4.74 Å². The molecule has 0 bridgehead atoms. The van der Waals surface area contributed by atoms with Crippen LogP contribution in [0.4, 0.5) is 0 Å². The Morgan fingerprint density at radius 1 is 1.29 bits per heavy atom. The quantitative estimate of drug-likeness (QED) is 0.618. The Bertz CT molecular complexity index is 577. The van der Waals surface area contributed by atoms with Gasteiger partial charge in [0, 0.05) is 25.1 Å². The van der Waals surface area contributed by atoms with Gasteiger partial charge in [-0.05, 0) is 30.0 Å². The maximum atomic E-state index is 11.5. The second-order valence-electron chi connectivity index (χ2n) is 3.84. The van der Waals surface area contributed by atoms with Gasteiger partial charge in [0.25, 0.3) is 5.56 Å². The number of nitrogens with zero attached hydrogens (tertiary/aromatic N) is 1. The average Bonchev–Trinajstić information content (AvgIpc) is 2.35. The molecule has 0 spiro atoms. The number of benzene rings is 1. The monoisotopic (exact) mass is 251 g/mol. The molecule has 1 aromatic heterocycles. The minimum atomic E-state index is -0.0181. The van der Waals surface area contributed by atoms with Crippen molar-refractivity contribution in [1.82, 2.24) is 4.57 Å². The summed E-state index contributed by atoms with van der Waals surface area (Å²) in [6.45, 7) is 0.593. The lowest BCUT2D eigenvalue weighted by Gasteiger charge is -2.08. The molecule has 0 aliphatic carbocycles. The maximum absolute atomic E-state index is 11.5. The highest BCUT2D eigenvalue weighted by atomic mass is 35.5. The van der Waals surface area contributed by atoms with Gasteiger partial charge in [-0.25, -0.2) is 0 Å². The molecule has 1 heterocycles. The third-order valence-corrected chi connectivity index (χ3v) is 2.91. The average molecular weight is 252 g/mol. The van der Waals surface area contributed by atoms with Crippen molar-refractivity contribution in [2.75, 3.05) is 12.5 Å². The molecule has 4 heteroatoms. The molecule has 0 saturated heterocycles. The number of pyridine rings is 1. The summed E-state index contributed by atoms with van der Waals surface area (Å²) in [6.07, 6.45) is 0.813. The molecule has 0 atom stereocenters. The van der Waals surface area contributed by atoms with E-state index in [1.54, 1.807) is 17.7 Å². The van der Waals surface area contributed by atoms with Gasteiger partial charge >= 0.3 is 0 Å². The highest BCUT2D eigenvalue weighted by Gasteiger charge is 2.01. The van der Waals surface area contributed by atoms with Crippen LogP contribution in [0.1, 0.15) is 6.42 Å². The van der Waals surface area contributed by atoms with Crippen LogP contribution in [0.25, 0.3) is 10.9 Å². The van der Waals surface area contributed by atoms with Gasteiger partial charge in [-0.2, -0.15) is 0 Å². The summed E-state index contributed by atoms with van der Waals surface area (Å²) < 4.78 is 7.16. The van der Waals surface area contributed by atoms with Gasteiger partial charge in [0.05, 0.1) is 12.1 Å². The Hall–Kier alpha value is -1.48. The SMILES string of the molecule is Cn1c(=O)ccc2ccc(OCCCCl)cc21. The molecule has 1 aromatic carbocycles. The Morgan fingerprint density at radius 2 is 2.06 bits per heavy atom. The maximum Gasteiger partial charge on any atom is 0.250 e. The van der Waals surface area contributed by atoms with E-state index in [1.807, 2.05) is 24.3 Å². The van der Waals surface area contributed by atoms with Crippen LogP contribution in [0.5, 0.6) is 5.75 Å². The molecule has 0 amide bonds. The van der Waals surface area contributed by atoms with E-state index in [1.165, 1.54) is 0 Å². The number of hydrogen-bond donors (Lipinski definition) is 0. The largest absolute Gasteiger partial charge is 0.493 e. The number of rotatable bonds is 4. The second-order valence-corrected chi connectivity index (χ2v) is 4.22. The first-order valence-corrected chi connectivity index (χ1v) is 6.04. The second kappa shape index (κ2) is 5.23. The molecular weight excluding hydrogens is 238 g/mol. The van der Waals surface area contributed by atoms with E-state index in [2.05, 4.69) is 0 Å². The van der Waals surface area contributed by atoms with Gasteiger partial charge in [-0.15, -0.1) is 11.6 Å². The molecule has 90 valence electrons. The van der Waals surface area contributed by atoms with Crippen molar-refractivity contribution in [2.24, 2.45) is 7.05 Å². The van der Waals surface area contributed by atoms with Gasteiger partial charge in [-0.3, -0.25) is 4.79 Å². The number of fused-ring (bicyclic) bond motifs is 1. The van der Waals surface area contributed by atoms with E-state index in [0.29, 0.717) is 12.5 Å². The third-order valence-electron chi connectivity index (χ3n) is 2.65. The van der Waals surface area contributed by atoms with Crippen LogP contribution in [0.3, 0.4) is 0 Å². The molecule has 3 nitrogen and oxygen atoms in total. The Kier molecular flexibility index (Phi) is 3.69.